The lowest BCUT2D eigenvalue weighted by Crippen LogP contribution is -2.00. The molecule has 26 heavy (non-hydrogen) atoms. The Morgan fingerprint density at radius 2 is 1.73 bits per heavy atom. The molecule has 0 saturated carbocycles. The summed E-state index contributed by atoms with van der Waals surface area (Å²) in [6.45, 7) is 4.05. The maximum Gasteiger partial charge on any atom is 0.203 e. The molecule has 0 bridgehead atoms. The molecule has 0 saturated heterocycles. The number of hydrogen-bond acceptors (Lipinski definition) is 5. The van der Waals surface area contributed by atoms with E-state index in [4.69, 9.17) is 18.9 Å². The number of carbonyl (C=O) groups excluding carboxylic acids is 1. The molecule has 0 unspecified atom stereocenters. The van der Waals surface area contributed by atoms with Gasteiger partial charge < -0.3 is 18.9 Å². The zero-order valence-electron chi connectivity index (χ0n) is 15.2. The average molecular weight is 354 g/mol. The topological polar surface area (TPSA) is 54.0 Å². The quantitative estimate of drug-likeness (QED) is 0.384. The highest BCUT2D eigenvalue weighted by Crippen LogP contribution is 2.38. The van der Waals surface area contributed by atoms with Crippen molar-refractivity contribution in [3.8, 4) is 23.0 Å². The first-order valence-corrected chi connectivity index (χ1v) is 7.99. The van der Waals surface area contributed by atoms with Crippen molar-refractivity contribution in [3.63, 3.8) is 0 Å². The van der Waals surface area contributed by atoms with Crippen LogP contribution in [0.15, 0.2) is 55.1 Å². The molecule has 136 valence electrons. The number of rotatable bonds is 9. The Morgan fingerprint density at radius 3 is 2.31 bits per heavy atom. The summed E-state index contributed by atoms with van der Waals surface area (Å²) in [6, 6.07) is 10.7. The first-order valence-electron chi connectivity index (χ1n) is 7.99. The fourth-order valence-corrected chi connectivity index (χ4v) is 2.35. The molecule has 0 aromatic heterocycles. The van der Waals surface area contributed by atoms with Crippen LogP contribution >= 0.6 is 0 Å². The zero-order valence-corrected chi connectivity index (χ0v) is 15.2. The van der Waals surface area contributed by atoms with Crippen molar-refractivity contribution in [1.29, 1.82) is 0 Å². The maximum absolute atomic E-state index is 12.5. The molecular weight excluding hydrogens is 332 g/mol. The summed E-state index contributed by atoms with van der Waals surface area (Å²) >= 11 is 0. The second-order valence-corrected chi connectivity index (χ2v) is 5.28. The molecule has 2 aromatic rings. The normalized spacial score (nSPS) is 10.4. The lowest BCUT2D eigenvalue weighted by Gasteiger charge is -2.13. The molecule has 5 heteroatoms. The minimum Gasteiger partial charge on any atom is -0.493 e. The Balaban J connectivity index is 2.24. The Morgan fingerprint density at radius 1 is 1.04 bits per heavy atom. The van der Waals surface area contributed by atoms with Crippen LogP contribution in [0.5, 0.6) is 23.0 Å². The van der Waals surface area contributed by atoms with Gasteiger partial charge in [-0.2, -0.15) is 0 Å². The zero-order chi connectivity index (χ0) is 18.9. The van der Waals surface area contributed by atoms with Crippen LogP contribution in [0.25, 0.3) is 6.08 Å². The van der Waals surface area contributed by atoms with E-state index in [-0.39, 0.29) is 5.78 Å². The molecule has 0 atom stereocenters. The van der Waals surface area contributed by atoms with Crippen LogP contribution in [0.3, 0.4) is 0 Å². The summed E-state index contributed by atoms with van der Waals surface area (Å²) in [5.74, 6) is 1.85. The van der Waals surface area contributed by atoms with E-state index in [9.17, 15) is 4.79 Å². The fraction of sp³-hybridized carbons (Fsp3) is 0.190. The third kappa shape index (κ3) is 4.66. The van der Waals surface area contributed by atoms with Gasteiger partial charge in [-0.1, -0.05) is 30.9 Å². The average Bonchev–Trinajstić information content (AvgIpc) is 2.69. The molecule has 2 rings (SSSR count). The smallest absolute Gasteiger partial charge is 0.203 e. The predicted octanol–water partition coefficient (Wildman–Crippen LogP) is 4.17. The predicted molar refractivity (Wildman–Crippen MR) is 102 cm³/mol. The van der Waals surface area contributed by atoms with Gasteiger partial charge in [0.1, 0.15) is 12.4 Å². The van der Waals surface area contributed by atoms with E-state index in [1.165, 1.54) is 27.4 Å². The number of ketones is 1. The van der Waals surface area contributed by atoms with Gasteiger partial charge in [0.15, 0.2) is 17.3 Å². The monoisotopic (exact) mass is 354 g/mol. The summed E-state index contributed by atoms with van der Waals surface area (Å²) in [6.07, 6.45) is 4.90. The molecule has 0 N–H and O–H groups in total. The van der Waals surface area contributed by atoms with Gasteiger partial charge in [0.05, 0.1) is 21.3 Å². The highest BCUT2D eigenvalue weighted by molar-refractivity contribution is 6.07. The molecule has 0 amide bonds. The van der Waals surface area contributed by atoms with Gasteiger partial charge in [-0.15, -0.1) is 0 Å². The summed E-state index contributed by atoms with van der Waals surface area (Å²) in [7, 11) is 4.54. The summed E-state index contributed by atoms with van der Waals surface area (Å²) in [4.78, 5) is 12.5. The third-order valence-electron chi connectivity index (χ3n) is 3.60. The van der Waals surface area contributed by atoms with Crippen LogP contribution < -0.4 is 18.9 Å². The molecule has 0 fully saturated rings. The van der Waals surface area contributed by atoms with Crippen molar-refractivity contribution in [3.05, 3.63) is 66.3 Å². The Hall–Kier alpha value is -3.21. The minimum atomic E-state index is -0.179. The van der Waals surface area contributed by atoms with Gasteiger partial charge in [0.2, 0.25) is 5.75 Å². The van der Waals surface area contributed by atoms with Gasteiger partial charge in [-0.25, -0.2) is 0 Å². The third-order valence-corrected chi connectivity index (χ3v) is 3.60. The lowest BCUT2D eigenvalue weighted by molar-refractivity contribution is 0.104. The Bertz CT molecular complexity index is 783. The first kappa shape index (κ1) is 19.1. The Labute approximate surface area is 153 Å². The summed E-state index contributed by atoms with van der Waals surface area (Å²) in [5.41, 5.74) is 1.29. The van der Waals surface area contributed by atoms with Crippen molar-refractivity contribution >= 4 is 11.9 Å². The SMILES string of the molecule is C=CCOc1cccc(/C=C/C(=O)c2cc(OC)c(OC)c(OC)c2)c1. The van der Waals surface area contributed by atoms with E-state index in [0.717, 1.165) is 5.56 Å². The van der Waals surface area contributed by atoms with E-state index in [2.05, 4.69) is 6.58 Å². The first-order chi connectivity index (χ1) is 12.6. The number of allylic oxidation sites excluding steroid dienone is 1. The molecule has 0 spiro atoms. The standard InChI is InChI=1S/C21H22O5/c1-5-11-26-17-8-6-7-15(12-17)9-10-18(22)16-13-19(23-2)21(25-4)20(14-16)24-3/h5-10,12-14H,1,11H2,2-4H3/b10-9+. The van der Waals surface area contributed by atoms with Crippen molar-refractivity contribution < 1.29 is 23.7 Å². The minimum absolute atomic E-state index is 0.179. The van der Waals surface area contributed by atoms with Crippen LogP contribution in [0.1, 0.15) is 15.9 Å². The summed E-state index contributed by atoms with van der Waals surface area (Å²) in [5, 5.41) is 0. The van der Waals surface area contributed by atoms with Gasteiger partial charge in [-0.3, -0.25) is 4.79 Å². The van der Waals surface area contributed by atoms with Crippen LogP contribution in [0, 0.1) is 0 Å². The van der Waals surface area contributed by atoms with Crippen molar-refractivity contribution in [2.75, 3.05) is 27.9 Å². The van der Waals surface area contributed by atoms with Crippen LogP contribution in [0.4, 0.5) is 0 Å². The summed E-state index contributed by atoms with van der Waals surface area (Å²) < 4.78 is 21.3. The van der Waals surface area contributed by atoms with Gasteiger partial charge >= 0.3 is 0 Å². The molecule has 0 aliphatic carbocycles. The van der Waals surface area contributed by atoms with E-state index >= 15 is 0 Å². The highest BCUT2D eigenvalue weighted by atomic mass is 16.5. The van der Waals surface area contributed by atoms with E-state index in [1.54, 1.807) is 24.3 Å². The molecule has 5 nitrogen and oxygen atoms in total. The fourth-order valence-electron chi connectivity index (χ4n) is 2.35. The van der Waals surface area contributed by atoms with E-state index < -0.39 is 0 Å². The lowest BCUT2D eigenvalue weighted by atomic mass is 10.1. The molecule has 2 aromatic carbocycles. The molecular formula is C21H22O5. The van der Waals surface area contributed by atoms with Crippen LogP contribution in [0.2, 0.25) is 0 Å². The number of benzene rings is 2. The molecule has 0 radical (unpaired) electrons. The van der Waals surface area contributed by atoms with E-state index in [0.29, 0.717) is 35.2 Å². The van der Waals surface area contributed by atoms with Crippen molar-refractivity contribution in [1.82, 2.24) is 0 Å². The van der Waals surface area contributed by atoms with Crippen molar-refractivity contribution in [2.24, 2.45) is 0 Å². The number of hydrogen-bond donors (Lipinski definition) is 0. The second-order valence-electron chi connectivity index (χ2n) is 5.28. The van der Waals surface area contributed by atoms with Gasteiger partial charge in [0, 0.05) is 5.56 Å². The Kier molecular flexibility index (Phi) is 6.85. The van der Waals surface area contributed by atoms with Crippen molar-refractivity contribution in [2.45, 2.75) is 0 Å². The van der Waals surface area contributed by atoms with Gasteiger partial charge in [-0.05, 0) is 35.9 Å². The van der Waals surface area contributed by atoms with Gasteiger partial charge in [0.25, 0.3) is 0 Å². The van der Waals surface area contributed by atoms with Crippen LogP contribution in [-0.2, 0) is 0 Å². The largest absolute Gasteiger partial charge is 0.493 e. The number of methoxy groups -OCH3 is 3. The number of ether oxygens (including phenoxy) is 4. The second kappa shape index (κ2) is 9.32. The van der Waals surface area contributed by atoms with Crippen LogP contribution in [-0.4, -0.2) is 33.7 Å². The maximum atomic E-state index is 12.5. The van der Waals surface area contributed by atoms with E-state index in [1.807, 2.05) is 24.3 Å². The molecule has 0 aliphatic rings. The number of carbonyl (C=O) groups is 1. The molecule has 0 heterocycles. The highest BCUT2D eigenvalue weighted by Gasteiger charge is 2.15. The molecule has 0 aliphatic heterocycles.